The second-order valence-electron chi connectivity index (χ2n) is 6.73. The first-order valence-corrected chi connectivity index (χ1v) is 6.92. The van der Waals surface area contributed by atoms with Crippen LogP contribution in [0.1, 0.15) is 51.9 Å². The van der Waals surface area contributed by atoms with Gasteiger partial charge < -0.3 is 10.5 Å². The van der Waals surface area contributed by atoms with Crippen molar-refractivity contribution in [2.24, 2.45) is 23.0 Å². The van der Waals surface area contributed by atoms with E-state index in [1.165, 1.54) is 38.5 Å². The molecule has 2 heteroatoms. The zero-order chi connectivity index (χ0) is 11.4. The number of methoxy groups -OCH3 is 1. The summed E-state index contributed by atoms with van der Waals surface area (Å²) in [5.41, 5.74) is 7.06. The molecular weight excluding hydrogens is 198 g/mol. The summed E-state index contributed by atoms with van der Waals surface area (Å²) in [4.78, 5) is 0. The summed E-state index contributed by atoms with van der Waals surface area (Å²) in [5, 5.41) is 0. The van der Waals surface area contributed by atoms with Crippen LogP contribution in [0.25, 0.3) is 0 Å². The molecule has 0 radical (unpaired) electrons. The second kappa shape index (κ2) is 3.46. The first kappa shape index (κ1) is 11.0. The Bertz CT molecular complexity index is 274. The lowest BCUT2D eigenvalue weighted by molar-refractivity contribution is -0.185. The predicted molar refractivity (Wildman–Crippen MR) is 65.1 cm³/mol. The molecule has 92 valence electrons. The van der Waals surface area contributed by atoms with Crippen LogP contribution in [0.2, 0.25) is 0 Å². The SMILES string of the molecule is CCC(N)C12CC3CC(CC(OC)(C3)C1)C2. The summed E-state index contributed by atoms with van der Waals surface area (Å²) >= 11 is 0. The van der Waals surface area contributed by atoms with Crippen molar-refractivity contribution in [3.05, 3.63) is 0 Å². The Morgan fingerprint density at radius 2 is 1.88 bits per heavy atom. The predicted octanol–water partition coefficient (Wildman–Crippen LogP) is 2.71. The van der Waals surface area contributed by atoms with Gasteiger partial charge in [0.15, 0.2) is 0 Å². The molecule has 4 aliphatic rings. The van der Waals surface area contributed by atoms with Crippen LogP contribution in [0.15, 0.2) is 0 Å². The maximum absolute atomic E-state index is 6.43. The van der Waals surface area contributed by atoms with Gasteiger partial charge >= 0.3 is 0 Å². The molecule has 4 fully saturated rings. The standard InChI is InChI=1S/C14H25NO/c1-3-12(15)13-5-10-4-11(6-13)8-14(7-10,9-13)16-2/h10-12H,3-9,15H2,1-2H3. The highest BCUT2D eigenvalue weighted by atomic mass is 16.5. The van der Waals surface area contributed by atoms with Crippen LogP contribution < -0.4 is 5.73 Å². The first-order chi connectivity index (χ1) is 7.61. The first-order valence-electron chi connectivity index (χ1n) is 6.92. The summed E-state index contributed by atoms with van der Waals surface area (Å²) < 4.78 is 5.91. The Kier molecular flexibility index (Phi) is 2.38. The lowest BCUT2D eigenvalue weighted by Crippen LogP contribution is -2.61. The topological polar surface area (TPSA) is 35.2 Å². The molecule has 16 heavy (non-hydrogen) atoms. The molecule has 0 aromatic heterocycles. The van der Waals surface area contributed by atoms with Gasteiger partial charge in [-0.3, -0.25) is 0 Å². The quantitative estimate of drug-likeness (QED) is 0.798. The van der Waals surface area contributed by atoms with Crippen molar-refractivity contribution in [1.82, 2.24) is 0 Å². The smallest absolute Gasteiger partial charge is 0.0690 e. The molecule has 4 bridgehead atoms. The minimum absolute atomic E-state index is 0.205. The molecule has 4 aliphatic carbocycles. The van der Waals surface area contributed by atoms with Gasteiger partial charge in [-0.15, -0.1) is 0 Å². The van der Waals surface area contributed by atoms with Crippen LogP contribution in [-0.4, -0.2) is 18.8 Å². The van der Waals surface area contributed by atoms with Crippen molar-refractivity contribution in [1.29, 1.82) is 0 Å². The third-order valence-electron chi connectivity index (χ3n) is 5.71. The van der Waals surface area contributed by atoms with Gasteiger partial charge in [0.05, 0.1) is 5.60 Å². The van der Waals surface area contributed by atoms with E-state index in [1.54, 1.807) is 0 Å². The van der Waals surface area contributed by atoms with E-state index in [2.05, 4.69) is 6.92 Å². The summed E-state index contributed by atoms with van der Waals surface area (Å²) in [5.74, 6) is 1.80. The van der Waals surface area contributed by atoms with Crippen LogP contribution in [0, 0.1) is 17.3 Å². The van der Waals surface area contributed by atoms with Crippen molar-refractivity contribution in [2.75, 3.05) is 7.11 Å². The molecule has 4 saturated carbocycles. The minimum Gasteiger partial charge on any atom is -0.378 e. The maximum Gasteiger partial charge on any atom is 0.0690 e. The molecule has 0 aromatic carbocycles. The normalized spacial score (nSPS) is 51.9. The van der Waals surface area contributed by atoms with Gasteiger partial charge in [0.25, 0.3) is 0 Å². The van der Waals surface area contributed by atoms with Gasteiger partial charge in [0.2, 0.25) is 0 Å². The largest absolute Gasteiger partial charge is 0.378 e. The minimum atomic E-state index is 0.205. The molecule has 0 aromatic rings. The highest BCUT2D eigenvalue weighted by Gasteiger charge is 2.59. The third-order valence-corrected chi connectivity index (χ3v) is 5.71. The summed E-state index contributed by atoms with van der Waals surface area (Å²) in [6, 6.07) is 0.396. The fraction of sp³-hybridized carbons (Fsp3) is 1.00. The molecule has 4 rings (SSSR count). The molecule has 0 amide bonds. The Hall–Kier alpha value is -0.0800. The van der Waals surface area contributed by atoms with E-state index in [9.17, 15) is 0 Å². The van der Waals surface area contributed by atoms with E-state index in [4.69, 9.17) is 10.5 Å². The monoisotopic (exact) mass is 223 g/mol. The molecule has 0 spiro atoms. The Labute approximate surface area is 98.9 Å². The van der Waals surface area contributed by atoms with Crippen molar-refractivity contribution in [2.45, 2.75) is 63.5 Å². The van der Waals surface area contributed by atoms with Gasteiger partial charge in [-0.1, -0.05) is 6.92 Å². The molecule has 0 aliphatic heterocycles. The molecule has 2 nitrogen and oxygen atoms in total. The highest BCUT2D eigenvalue weighted by molar-refractivity contribution is 5.11. The Morgan fingerprint density at radius 3 is 2.38 bits per heavy atom. The molecule has 0 saturated heterocycles. The van der Waals surface area contributed by atoms with E-state index in [1.807, 2.05) is 7.11 Å². The van der Waals surface area contributed by atoms with Gasteiger partial charge in [-0.25, -0.2) is 0 Å². The molecule has 3 unspecified atom stereocenters. The number of rotatable bonds is 3. The van der Waals surface area contributed by atoms with Gasteiger partial charge in [0, 0.05) is 13.2 Å². The van der Waals surface area contributed by atoms with Crippen LogP contribution in [0.5, 0.6) is 0 Å². The van der Waals surface area contributed by atoms with E-state index in [-0.39, 0.29) is 5.60 Å². The second-order valence-corrected chi connectivity index (χ2v) is 6.73. The Morgan fingerprint density at radius 1 is 1.25 bits per heavy atom. The zero-order valence-electron chi connectivity index (χ0n) is 10.7. The number of ether oxygens (including phenoxy) is 1. The van der Waals surface area contributed by atoms with Gasteiger partial charge in [0.1, 0.15) is 0 Å². The van der Waals surface area contributed by atoms with Crippen molar-refractivity contribution in [3.63, 3.8) is 0 Å². The number of nitrogens with two attached hydrogens (primary N) is 1. The van der Waals surface area contributed by atoms with E-state index in [0.29, 0.717) is 11.5 Å². The van der Waals surface area contributed by atoms with Crippen LogP contribution in [-0.2, 0) is 4.74 Å². The average Bonchev–Trinajstić information content (AvgIpc) is 2.26. The highest BCUT2D eigenvalue weighted by Crippen LogP contribution is 2.63. The van der Waals surface area contributed by atoms with E-state index >= 15 is 0 Å². The van der Waals surface area contributed by atoms with Gasteiger partial charge in [-0.2, -0.15) is 0 Å². The summed E-state index contributed by atoms with van der Waals surface area (Å²) in [6.07, 6.45) is 9.17. The lowest BCUT2D eigenvalue weighted by Gasteiger charge is -2.63. The van der Waals surface area contributed by atoms with Gasteiger partial charge in [-0.05, 0) is 62.2 Å². The fourth-order valence-electron chi connectivity index (χ4n) is 5.35. The molecular formula is C14H25NO. The fourth-order valence-corrected chi connectivity index (χ4v) is 5.35. The van der Waals surface area contributed by atoms with E-state index < -0.39 is 0 Å². The number of hydrogen-bond donors (Lipinski definition) is 1. The van der Waals surface area contributed by atoms with Crippen molar-refractivity contribution < 1.29 is 4.74 Å². The third kappa shape index (κ3) is 1.39. The zero-order valence-corrected chi connectivity index (χ0v) is 10.7. The van der Waals surface area contributed by atoms with Crippen LogP contribution >= 0.6 is 0 Å². The molecule has 0 heterocycles. The van der Waals surface area contributed by atoms with Crippen LogP contribution in [0.3, 0.4) is 0 Å². The summed E-state index contributed by atoms with van der Waals surface area (Å²) in [6.45, 7) is 2.24. The maximum atomic E-state index is 6.43. The van der Waals surface area contributed by atoms with E-state index in [0.717, 1.165) is 18.3 Å². The number of hydrogen-bond acceptors (Lipinski definition) is 2. The molecule has 2 N–H and O–H groups in total. The lowest BCUT2D eigenvalue weighted by atomic mass is 9.46. The molecule has 3 atom stereocenters. The van der Waals surface area contributed by atoms with Crippen LogP contribution in [0.4, 0.5) is 0 Å². The summed E-state index contributed by atoms with van der Waals surface area (Å²) in [7, 11) is 1.91. The van der Waals surface area contributed by atoms with Crippen molar-refractivity contribution in [3.8, 4) is 0 Å². The Balaban J connectivity index is 1.92. The van der Waals surface area contributed by atoms with Crippen molar-refractivity contribution >= 4 is 0 Å². The average molecular weight is 223 g/mol.